The Morgan fingerprint density at radius 2 is 1.74 bits per heavy atom. The average Bonchev–Trinajstić information content (AvgIpc) is 2.88. The van der Waals surface area contributed by atoms with Gasteiger partial charge in [0.25, 0.3) is 0 Å². The van der Waals surface area contributed by atoms with E-state index in [9.17, 15) is 0 Å². The number of hydrogen-bond donors (Lipinski definition) is 1. The molecule has 0 bridgehead atoms. The fourth-order valence-corrected chi connectivity index (χ4v) is 1.64. The molecule has 1 N–H and O–H groups in total. The van der Waals surface area contributed by atoms with Gasteiger partial charge in [0.15, 0.2) is 0 Å². The number of aromatic nitrogens is 3. The molecule has 2 rings (SSSR count). The van der Waals surface area contributed by atoms with Gasteiger partial charge in [-0.1, -0.05) is 19.1 Å². The SMILES string of the molecule is CCc1n[nH]nc1Cc1ccc(OC)cc1.O=C=O. The number of hydrogen-bond acceptors (Lipinski definition) is 5. The minimum atomic E-state index is 0.250. The summed E-state index contributed by atoms with van der Waals surface area (Å²) in [6.45, 7) is 2.08. The van der Waals surface area contributed by atoms with Crippen LogP contribution >= 0.6 is 0 Å². The number of benzene rings is 1. The van der Waals surface area contributed by atoms with E-state index in [4.69, 9.17) is 14.3 Å². The molecule has 0 atom stereocenters. The van der Waals surface area contributed by atoms with Crippen LogP contribution in [-0.2, 0) is 22.4 Å². The van der Waals surface area contributed by atoms with E-state index in [1.54, 1.807) is 7.11 Å². The van der Waals surface area contributed by atoms with Gasteiger partial charge in [0, 0.05) is 6.42 Å². The number of nitrogens with zero attached hydrogens (tertiary/aromatic N) is 2. The smallest absolute Gasteiger partial charge is 0.373 e. The van der Waals surface area contributed by atoms with Gasteiger partial charge in [-0.05, 0) is 24.1 Å². The predicted molar refractivity (Wildman–Crippen MR) is 66.6 cm³/mol. The number of aryl methyl sites for hydroxylation is 1. The van der Waals surface area contributed by atoms with Crippen LogP contribution < -0.4 is 4.74 Å². The quantitative estimate of drug-likeness (QED) is 0.898. The summed E-state index contributed by atoms with van der Waals surface area (Å²) < 4.78 is 5.12. The van der Waals surface area contributed by atoms with Crippen LogP contribution in [-0.4, -0.2) is 28.7 Å². The monoisotopic (exact) mass is 261 g/mol. The Morgan fingerprint density at radius 3 is 2.26 bits per heavy atom. The second kappa shape index (κ2) is 7.79. The summed E-state index contributed by atoms with van der Waals surface area (Å²) in [6.07, 6.45) is 1.96. The molecule has 0 saturated heterocycles. The Kier molecular flexibility index (Phi) is 5.98. The van der Waals surface area contributed by atoms with Gasteiger partial charge >= 0.3 is 6.15 Å². The van der Waals surface area contributed by atoms with E-state index in [1.165, 1.54) is 5.56 Å². The third kappa shape index (κ3) is 4.37. The van der Waals surface area contributed by atoms with Crippen molar-refractivity contribution >= 4 is 6.15 Å². The molecular weight excluding hydrogens is 246 g/mol. The Bertz CT molecular complexity index is 528. The Morgan fingerprint density at radius 1 is 1.16 bits per heavy atom. The lowest BCUT2D eigenvalue weighted by Gasteiger charge is -2.02. The van der Waals surface area contributed by atoms with Gasteiger partial charge in [-0.3, -0.25) is 0 Å². The first kappa shape index (κ1) is 14.6. The van der Waals surface area contributed by atoms with Crippen LogP contribution in [0.3, 0.4) is 0 Å². The van der Waals surface area contributed by atoms with E-state index in [2.05, 4.69) is 22.3 Å². The maximum Gasteiger partial charge on any atom is 0.373 e. The molecule has 0 amide bonds. The highest BCUT2D eigenvalue weighted by atomic mass is 16.5. The Hall–Kier alpha value is -2.46. The first-order valence-corrected chi connectivity index (χ1v) is 5.75. The number of carbonyl (C=O) groups excluding carboxylic acids is 2. The minimum Gasteiger partial charge on any atom is -0.497 e. The summed E-state index contributed by atoms with van der Waals surface area (Å²) in [4.78, 5) is 16.2. The molecular formula is C13H15N3O3. The van der Waals surface area contributed by atoms with Gasteiger partial charge in [0.1, 0.15) is 5.75 Å². The molecule has 1 aromatic carbocycles. The minimum absolute atomic E-state index is 0.250. The lowest BCUT2D eigenvalue weighted by molar-refractivity contribution is -0.191. The fraction of sp³-hybridized carbons (Fsp3) is 0.308. The van der Waals surface area contributed by atoms with Crippen LogP contribution in [0.1, 0.15) is 23.9 Å². The van der Waals surface area contributed by atoms with Gasteiger partial charge in [-0.15, -0.1) is 0 Å². The van der Waals surface area contributed by atoms with Crippen molar-refractivity contribution < 1.29 is 14.3 Å². The van der Waals surface area contributed by atoms with Crippen LogP contribution in [0.15, 0.2) is 24.3 Å². The van der Waals surface area contributed by atoms with E-state index in [1.807, 2.05) is 24.3 Å². The Labute approximate surface area is 110 Å². The fourth-order valence-electron chi connectivity index (χ4n) is 1.64. The summed E-state index contributed by atoms with van der Waals surface area (Å²) in [5.41, 5.74) is 3.27. The first-order chi connectivity index (χ1) is 9.24. The van der Waals surface area contributed by atoms with Crippen molar-refractivity contribution in [2.45, 2.75) is 19.8 Å². The molecule has 19 heavy (non-hydrogen) atoms. The molecule has 0 radical (unpaired) electrons. The molecule has 0 aliphatic carbocycles. The summed E-state index contributed by atoms with van der Waals surface area (Å²) >= 11 is 0. The number of methoxy groups -OCH3 is 1. The number of rotatable bonds is 4. The summed E-state index contributed by atoms with van der Waals surface area (Å²) in [5.74, 6) is 0.875. The van der Waals surface area contributed by atoms with Crippen LogP contribution in [0.2, 0.25) is 0 Å². The van der Waals surface area contributed by atoms with Crippen molar-refractivity contribution in [3.63, 3.8) is 0 Å². The first-order valence-electron chi connectivity index (χ1n) is 5.75. The van der Waals surface area contributed by atoms with E-state index in [0.717, 1.165) is 30.0 Å². The molecule has 0 unspecified atom stereocenters. The number of aromatic amines is 1. The maximum atomic E-state index is 8.12. The summed E-state index contributed by atoms with van der Waals surface area (Å²) in [5, 5.41) is 10.9. The van der Waals surface area contributed by atoms with Crippen molar-refractivity contribution in [3.05, 3.63) is 41.2 Å². The Balaban J connectivity index is 0.000000550. The van der Waals surface area contributed by atoms with Crippen molar-refractivity contribution in [2.24, 2.45) is 0 Å². The second-order valence-electron chi connectivity index (χ2n) is 3.68. The van der Waals surface area contributed by atoms with Gasteiger partial charge in [-0.25, -0.2) is 0 Å². The third-order valence-electron chi connectivity index (χ3n) is 2.57. The third-order valence-corrected chi connectivity index (χ3v) is 2.57. The lowest BCUT2D eigenvalue weighted by atomic mass is 10.1. The summed E-state index contributed by atoms with van der Waals surface area (Å²) in [7, 11) is 1.67. The highest BCUT2D eigenvalue weighted by molar-refractivity contribution is 5.30. The van der Waals surface area contributed by atoms with Gasteiger partial charge in [-0.2, -0.15) is 25.0 Å². The molecule has 0 saturated carbocycles. The number of ether oxygens (including phenoxy) is 1. The highest BCUT2D eigenvalue weighted by Crippen LogP contribution is 2.15. The van der Waals surface area contributed by atoms with E-state index >= 15 is 0 Å². The lowest BCUT2D eigenvalue weighted by Crippen LogP contribution is -1.94. The van der Waals surface area contributed by atoms with Gasteiger partial charge in [0.05, 0.1) is 18.5 Å². The predicted octanol–water partition coefficient (Wildman–Crippen LogP) is 1.38. The molecule has 2 aromatic rings. The molecule has 100 valence electrons. The number of H-pyrrole nitrogens is 1. The van der Waals surface area contributed by atoms with Gasteiger partial charge < -0.3 is 4.74 Å². The molecule has 0 aliphatic heterocycles. The standard InChI is InChI=1S/C12H15N3O.CO2/c1-3-11-12(14-15-13-11)8-9-4-6-10(16-2)7-5-9;2-1-3/h4-7H,3,8H2,1-2H3,(H,13,14,15);. The molecule has 0 fully saturated rings. The van der Waals surface area contributed by atoms with E-state index in [-0.39, 0.29) is 6.15 Å². The topological polar surface area (TPSA) is 84.9 Å². The van der Waals surface area contributed by atoms with E-state index < -0.39 is 0 Å². The van der Waals surface area contributed by atoms with Gasteiger partial charge in [0.2, 0.25) is 0 Å². The molecule has 6 nitrogen and oxygen atoms in total. The zero-order valence-corrected chi connectivity index (χ0v) is 10.8. The molecule has 1 heterocycles. The van der Waals surface area contributed by atoms with Crippen molar-refractivity contribution in [1.82, 2.24) is 15.4 Å². The largest absolute Gasteiger partial charge is 0.497 e. The van der Waals surface area contributed by atoms with Crippen LogP contribution in [0, 0.1) is 0 Å². The van der Waals surface area contributed by atoms with Crippen molar-refractivity contribution in [3.8, 4) is 5.75 Å². The highest BCUT2D eigenvalue weighted by Gasteiger charge is 2.06. The van der Waals surface area contributed by atoms with Crippen LogP contribution in [0.5, 0.6) is 5.75 Å². The van der Waals surface area contributed by atoms with Crippen molar-refractivity contribution in [2.75, 3.05) is 7.11 Å². The van der Waals surface area contributed by atoms with Crippen LogP contribution in [0.25, 0.3) is 0 Å². The molecule has 0 aliphatic rings. The second-order valence-corrected chi connectivity index (χ2v) is 3.68. The maximum absolute atomic E-state index is 8.12. The average molecular weight is 261 g/mol. The van der Waals surface area contributed by atoms with Crippen molar-refractivity contribution in [1.29, 1.82) is 0 Å². The zero-order valence-electron chi connectivity index (χ0n) is 10.8. The summed E-state index contributed by atoms with van der Waals surface area (Å²) in [6, 6.07) is 8.02. The number of nitrogens with one attached hydrogen (secondary N) is 1. The van der Waals surface area contributed by atoms with E-state index in [0.29, 0.717) is 0 Å². The normalized spacial score (nSPS) is 9.16. The van der Waals surface area contributed by atoms with Crippen LogP contribution in [0.4, 0.5) is 0 Å². The zero-order chi connectivity index (χ0) is 14.1. The molecule has 1 aromatic heterocycles. The molecule has 6 heteroatoms. The molecule has 0 spiro atoms.